The lowest BCUT2D eigenvalue weighted by atomic mass is 10.1. The van der Waals surface area contributed by atoms with Crippen molar-refractivity contribution in [3.05, 3.63) is 104 Å². The van der Waals surface area contributed by atoms with E-state index in [4.69, 9.17) is 4.42 Å². The number of phenolic OH excluding ortho intramolecular Hbond substituents is 1. The number of rotatable bonds is 4. The van der Waals surface area contributed by atoms with Crippen LogP contribution in [0.4, 0.5) is 8.78 Å². The molecule has 1 N–H and O–H groups in total. The third kappa shape index (κ3) is 3.73. The highest BCUT2D eigenvalue weighted by molar-refractivity contribution is 7.98. The maximum Gasteiger partial charge on any atom is 0.336 e. The zero-order chi connectivity index (χ0) is 24.0. The van der Waals surface area contributed by atoms with E-state index in [0.717, 1.165) is 22.4 Å². The quantitative estimate of drug-likeness (QED) is 0.220. The minimum Gasteiger partial charge on any atom is -0.508 e. The Kier molecular flexibility index (Phi) is 5.41. The van der Waals surface area contributed by atoms with Gasteiger partial charge in [-0.3, -0.25) is 9.36 Å². The van der Waals surface area contributed by atoms with Crippen LogP contribution in [0.2, 0.25) is 0 Å². The minimum atomic E-state index is -0.905. The fraction of sp³-hybridized carbons (Fsp3) is 0.0800. The Balaban J connectivity index is 1.67. The summed E-state index contributed by atoms with van der Waals surface area (Å²) in [4.78, 5) is 30.0. The summed E-state index contributed by atoms with van der Waals surface area (Å²) < 4.78 is 34.6. The van der Waals surface area contributed by atoms with Crippen molar-refractivity contribution in [2.45, 2.75) is 17.8 Å². The van der Waals surface area contributed by atoms with Crippen LogP contribution in [0.3, 0.4) is 0 Å². The molecule has 0 spiro atoms. The second-order valence-corrected chi connectivity index (χ2v) is 8.56. The molecule has 9 heteroatoms. The molecule has 0 unspecified atom stereocenters. The molecular weight excluding hydrogens is 462 g/mol. The lowest BCUT2D eigenvalue weighted by molar-refractivity contribution is 0.468. The monoisotopic (exact) mass is 478 g/mol. The zero-order valence-electron chi connectivity index (χ0n) is 17.7. The first-order valence-corrected chi connectivity index (χ1v) is 11.2. The standard InChI is InChI=1S/C25H16F2N2O4S/c1-13-21(30)9-7-16-14(10-22(31)33-23(13)16)12-34-25-28-19-5-3-2-4-17(19)24(32)29(25)20-8-6-15(26)11-18(20)27/h2-11,30H,12H2,1H3. The number of aromatic hydroxyl groups is 1. The first-order chi connectivity index (χ1) is 16.3. The predicted octanol–water partition coefficient (Wildman–Crippen LogP) is 5.08. The number of phenols is 1. The van der Waals surface area contributed by atoms with Crippen molar-refractivity contribution in [2.24, 2.45) is 0 Å². The number of aromatic nitrogens is 2. The molecule has 5 aromatic rings. The van der Waals surface area contributed by atoms with Gasteiger partial charge in [0.15, 0.2) is 5.16 Å². The van der Waals surface area contributed by atoms with Crippen LogP contribution in [0.1, 0.15) is 11.1 Å². The van der Waals surface area contributed by atoms with Crippen LogP contribution in [0.25, 0.3) is 27.6 Å². The fourth-order valence-electron chi connectivity index (χ4n) is 3.76. The van der Waals surface area contributed by atoms with Gasteiger partial charge >= 0.3 is 5.63 Å². The summed E-state index contributed by atoms with van der Waals surface area (Å²) in [5, 5.41) is 11.0. The van der Waals surface area contributed by atoms with E-state index in [1.54, 1.807) is 37.3 Å². The molecule has 0 radical (unpaired) electrons. The number of hydrogen-bond acceptors (Lipinski definition) is 6. The zero-order valence-corrected chi connectivity index (χ0v) is 18.5. The molecule has 2 heterocycles. The molecule has 170 valence electrons. The molecule has 5 rings (SSSR count). The lowest BCUT2D eigenvalue weighted by Gasteiger charge is -2.14. The van der Waals surface area contributed by atoms with Crippen LogP contribution in [-0.4, -0.2) is 14.7 Å². The second-order valence-electron chi connectivity index (χ2n) is 7.61. The van der Waals surface area contributed by atoms with E-state index in [2.05, 4.69) is 4.98 Å². The van der Waals surface area contributed by atoms with Crippen molar-refractivity contribution >= 4 is 33.6 Å². The molecule has 0 fully saturated rings. The molecule has 2 aromatic heterocycles. The summed E-state index contributed by atoms with van der Waals surface area (Å²) in [6.07, 6.45) is 0. The Labute approximate surface area is 195 Å². The Morgan fingerprint density at radius 1 is 1.03 bits per heavy atom. The molecular formula is C25H16F2N2O4S. The van der Waals surface area contributed by atoms with Crippen LogP contribution in [0.15, 0.2) is 79.8 Å². The number of benzene rings is 3. The van der Waals surface area contributed by atoms with Crippen molar-refractivity contribution in [3.8, 4) is 11.4 Å². The number of fused-ring (bicyclic) bond motifs is 2. The van der Waals surface area contributed by atoms with E-state index in [1.165, 1.54) is 18.2 Å². The maximum atomic E-state index is 14.7. The van der Waals surface area contributed by atoms with Crippen molar-refractivity contribution in [3.63, 3.8) is 0 Å². The van der Waals surface area contributed by atoms with E-state index in [-0.39, 0.29) is 33.3 Å². The highest BCUT2D eigenvalue weighted by Gasteiger charge is 2.18. The number of thioether (sulfide) groups is 1. The van der Waals surface area contributed by atoms with Gasteiger partial charge in [-0.25, -0.2) is 18.6 Å². The van der Waals surface area contributed by atoms with Gasteiger partial charge in [-0.2, -0.15) is 0 Å². The summed E-state index contributed by atoms with van der Waals surface area (Å²) in [6.45, 7) is 1.64. The highest BCUT2D eigenvalue weighted by Crippen LogP contribution is 2.31. The molecule has 0 aliphatic carbocycles. The van der Waals surface area contributed by atoms with E-state index in [0.29, 0.717) is 28.1 Å². The van der Waals surface area contributed by atoms with Gasteiger partial charge in [0.1, 0.15) is 23.0 Å². The topological polar surface area (TPSA) is 85.3 Å². The molecule has 0 aliphatic rings. The van der Waals surface area contributed by atoms with E-state index >= 15 is 0 Å². The lowest BCUT2D eigenvalue weighted by Crippen LogP contribution is -2.22. The fourth-order valence-corrected chi connectivity index (χ4v) is 4.76. The molecule has 0 bridgehead atoms. The molecule has 0 aliphatic heterocycles. The molecule has 0 amide bonds. The SMILES string of the molecule is Cc1c(O)ccc2c(CSc3nc4ccccc4c(=O)n3-c3ccc(F)cc3F)cc(=O)oc12. The Morgan fingerprint density at radius 2 is 1.82 bits per heavy atom. The number of aryl methyl sites for hydroxylation is 1. The van der Waals surface area contributed by atoms with Crippen molar-refractivity contribution in [1.82, 2.24) is 9.55 Å². The number of nitrogens with zero attached hydrogens (tertiary/aromatic N) is 2. The molecule has 34 heavy (non-hydrogen) atoms. The number of hydrogen-bond donors (Lipinski definition) is 1. The predicted molar refractivity (Wildman–Crippen MR) is 126 cm³/mol. The second kappa shape index (κ2) is 8.42. The van der Waals surface area contributed by atoms with Crippen LogP contribution < -0.4 is 11.2 Å². The summed E-state index contributed by atoms with van der Waals surface area (Å²) in [5.74, 6) is -1.48. The van der Waals surface area contributed by atoms with E-state index in [9.17, 15) is 23.5 Å². The summed E-state index contributed by atoms with van der Waals surface area (Å²) in [7, 11) is 0. The van der Waals surface area contributed by atoms with Crippen LogP contribution in [0, 0.1) is 18.6 Å². The van der Waals surface area contributed by atoms with Gasteiger partial charge in [0.2, 0.25) is 0 Å². The molecule has 0 saturated carbocycles. The first-order valence-electron chi connectivity index (χ1n) is 10.2. The van der Waals surface area contributed by atoms with Gasteiger partial charge in [0, 0.05) is 28.8 Å². The molecule has 6 nitrogen and oxygen atoms in total. The minimum absolute atomic E-state index is 0.00253. The highest BCUT2D eigenvalue weighted by atomic mass is 32.2. The van der Waals surface area contributed by atoms with Gasteiger partial charge in [0.05, 0.1) is 16.6 Å². The van der Waals surface area contributed by atoms with Crippen molar-refractivity contribution < 1.29 is 18.3 Å². The van der Waals surface area contributed by atoms with Crippen molar-refractivity contribution in [2.75, 3.05) is 0 Å². The van der Waals surface area contributed by atoms with Gasteiger partial charge in [0.25, 0.3) is 5.56 Å². The van der Waals surface area contributed by atoms with Gasteiger partial charge < -0.3 is 9.52 Å². The Morgan fingerprint density at radius 3 is 2.62 bits per heavy atom. The van der Waals surface area contributed by atoms with E-state index in [1.807, 2.05) is 0 Å². The van der Waals surface area contributed by atoms with Crippen LogP contribution >= 0.6 is 11.8 Å². The average Bonchev–Trinajstić information content (AvgIpc) is 2.81. The van der Waals surface area contributed by atoms with Gasteiger partial charge in [-0.05, 0) is 48.9 Å². The number of para-hydroxylation sites is 1. The van der Waals surface area contributed by atoms with Crippen LogP contribution in [0.5, 0.6) is 5.75 Å². The molecule has 0 atom stereocenters. The first kappa shape index (κ1) is 21.8. The summed E-state index contributed by atoms with van der Waals surface area (Å²) >= 11 is 1.12. The smallest absolute Gasteiger partial charge is 0.336 e. The average molecular weight is 478 g/mol. The normalized spacial score (nSPS) is 11.4. The summed E-state index contributed by atoms with van der Waals surface area (Å²) in [5.41, 5.74) is 0.472. The van der Waals surface area contributed by atoms with Gasteiger partial charge in [-0.1, -0.05) is 23.9 Å². The maximum absolute atomic E-state index is 14.7. The van der Waals surface area contributed by atoms with Crippen LogP contribution in [-0.2, 0) is 5.75 Å². The summed E-state index contributed by atoms with van der Waals surface area (Å²) in [6, 6.07) is 14.1. The molecule has 3 aromatic carbocycles. The number of halogens is 2. The molecule has 0 saturated heterocycles. The third-order valence-corrected chi connectivity index (χ3v) is 6.46. The van der Waals surface area contributed by atoms with E-state index < -0.39 is 22.8 Å². The Hall–Kier alpha value is -3.98. The third-order valence-electron chi connectivity index (χ3n) is 5.47. The van der Waals surface area contributed by atoms with Gasteiger partial charge in [-0.15, -0.1) is 0 Å². The Bertz CT molecular complexity index is 1710. The van der Waals surface area contributed by atoms with Crippen molar-refractivity contribution in [1.29, 1.82) is 0 Å². The largest absolute Gasteiger partial charge is 0.508 e.